The molecule has 4 nitrogen and oxygen atoms in total. The lowest BCUT2D eigenvalue weighted by Crippen LogP contribution is -2.44. The molecule has 0 saturated heterocycles. The van der Waals surface area contributed by atoms with Gasteiger partial charge in [0.25, 0.3) is 5.91 Å². The van der Waals surface area contributed by atoms with Crippen LogP contribution >= 0.6 is 11.6 Å². The summed E-state index contributed by atoms with van der Waals surface area (Å²) in [5, 5.41) is 3.88. The first-order valence-electron chi connectivity index (χ1n) is 6.05. The molecule has 1 aromatic carbocycles. The number of carbonyl (C=O) groups excluding carboxylic acids is 1. The maximum absolute atomic E-state index is 11.4. The number of amides is 1. The molecule has 5 heteroatoms. The van der Waals surface area contributed by atoms with E-state index in [1.807, 2.05) is 0 Å². The molecule has 1 amide bonds. The van der Waals surface area contributed by atoms with Crippen molar-refractivity contribution in [3.05, 3.63) is 28.8 Å². The van der Waals surface area contributed by atoms with E-state index in [1.165, 1.54) is 0 Å². The Morgan fingerprint density at radius 1 is 1.39 bits per heavy atom. The van der Waals surface area contributed by atoms with Crippen molar-refractivity contribution in [2.75, 3.05) is 11.9 Å². The smallest absolute Gasteiger partial charge is 0.250 e. The third kappa shape index (κ3) is 3.15. The number of hydrogen-bond acceptors (Lipinski definition) is 3. The molecule has 0 aliphatic carbocycles. The van der Waals surface area contributed by atoms with Crippen molar-refractivity contribution in [3.8, 4) is 0 Å². The maximum atomic E-state index is 11.4. The molecule has 0 spiro atoms. The van der Waals surface area contributed by atoms with E-state index < -0.39 is 5.91 Å². The first kappa shape index (κ1) is 14.8. The average Bonchev–Trinajstić information content (AvgIpc) is 2.36. The number of carbonyl (C=O) groups is 1. The van der Waals surface area contributed by atoms with Crippen LogP contribution in [0.2, 0.25) is 5.02 Å². The molecule has 0 unspecified atom stereocenters. The molecule has 100 valence electrons. The fourth-order valence-electron chi connectivity index (χ4n) is 1.89. The normalized spacial score (nSPS) is 11.3. The van der Waals surface area contributed by atoms with Gasteiger partial charge in [0, 0.05) is 22.8 Å². The minimum atomic E-state index is -0.479. The molecule has 0 atom stereocenters. The number of nitrogens with one attached hydrogen (secondary N) is 1. The van der Waals surface area contributed by atoms with Crippen molar-refractivity contribution in [1.82, 2.24) is 0 Å². The van der Waals surface area contributed by atoms with E-state index in [-0.39, 0.29) is 5.54 Å². The second-order valence-corrected chi connectivity index (χ2v) is 4.81. The standard InChI is InChI=1S/C13H20ClN3O/c1-3-13(4-2,8-15)17-11-7-9(14)5-6-10(11)12(16)18/h5-7,17H,3-4,8,15H2,1-2H3,(H2,16,18). The van der Waals surface area contributed by atoms with Crippen LogP contribution in [0.3, 0.4) is 0 Å². The second kappa shape index (κ2) is 6.07. The topological polar surface area (TPSA) is 81.1 Å². The number of rotatable bonds is 6. The van der Waals surface area contributed by atoms with Gasteiger partial charge in [-0.15, -0.1) is 0 Å². The minimum absolute atomic E-state index is 0.241. The molecule has 18 heavy (non-hydrogen) atoms. The first-order valence-corrected chi connectivity index (χ1v) is 6.43. The van der Waals surface area contributed by atoms with Crippen molar-refractivity contribution in [2.45, 2.75) is 32.2 Å². The van der Waals surface area contributed by atoms with Gasteiger partial charge in [0.1, 0.15) is 0 Å². The molecule has 0 radical (unpaired) electrons. The Labute approximate surface area is 113 Å². The molecule has 0 fully saturated rings. The minimum Gasteiger partial charge on any atom is -0.378 e. The zero-order chi connectivity index (χ0) is 13.8. The van der Waals surface area contributed by atoms with Gasteiger partial charge >= 0.3 is 0 Å². The molecule has 0 aromatic heterocycles. The Balaban J connectivity index is 3.16. The highest BCUT2D eigenvalue weighted by molar-refractivity contribution is 6.31. The van der Waals surface area contributed by atoms with E-state index in [1.54, 1.807) is 18.2 Å². The molecule has 0 aliphatic rings. The van der Waals surface area contributed by atoms with Crippen LogP contribution < -0.4 is 16.8 Å². The van der Waals surface area contributed by atoms with E-state index in [0.717, 1.165) is 12.8 Å². The molecule has 0 aliphatic heterocycles. The van der Waals surface area contributed by atoms with Crippen molar-refractivity contribution < 1.29 is 4.79 Å². The van der Waals surface area contributed by atoms with Crippen LogP contribution in [0.5, 0.6) is 0 Å². The molecule has 1 rings (SSSR count). The van der Waals surface area contributed by atoms with Crippen LogP contribution in [-0.2, 0) is 0 Å². The third-order valence-electron chi connectivity index (χ3n) is 3.39. The number of nitrogens with two attached hydrogens (primary N) is 2. The van der Waals surface area contributed by atoms with Crippen LogP contribution in [0, 0.1) is 0 Å². The molecular weight excluding hydrogens is 250 g/mol. The lowest BCUT2D eigenvalue weighted by molar-refractivity contribution is 0.100. The quantitative estimate of drug-likeness (QED) is 0.742. The summed E-state index contributed by atoms with van der Waals surface area (Å²) in [5.74, 6) is -0.479. The molecular formula is C13H20ClN3O. The summed E-state index contributed by atoms with van der Waals surface area (Å²) in [4.78, 5) is 11.4. The highest BCUT2D eigenvalue weighted by Crippen LogP contribution is 2.26. The molecule has 0 heterocycles. The van der Waals surface area contributed by atoms with Gasteiger partial charge in [0.15, 0.2) is 0 Å². The van der Waals surface area contributed by atoms with Gasteiger partial charge in [-0.1, -0.05) is 25.4 Å². The van der Waals surface area contributed by atoms with Gasteiger partial charge in [-0.2, -0.15) is 0 Å². The summed E-state index contributed by atoms with van der Waals surface area (Å²) < 4.78 is 0. The summed E-state index contributed by atoms with van der Waals surface area (Å²) in [6, 6.07) is 4.98. The monoisotopic (exact) mass is 269 g/mol. The Morgan fingerprint density at radius 2 is 2.00 bits per heavy atom. The van der Waals surface area contributed by atoms with Crippen molar-refractivity contribution >= 4 is 23.2 Å². The van der Waals surface area contributed by atoms with Gasteiger partial charge in [-0.25, -0.2) is 0 Å². The number of benzene rings is 1. The van der Waals surface area contributed by atoms with E-state index in [0.29, 0.717) is 22.8 Å². The molecule has 0 saturated carbocycles. The van der Waals surface area contributed by atoms with Crippen LogP contribution in [0.25, 0.3) is 0 Å². The Bertz CT molecular complexity index is 422. The fourth-order valence-corrected chi connectivity index (χ4v) is 2.06. The summed E-state index contributed by atoms with van der Waals surface area (Å²) in [6.07, 6.45) is 1.70. The highest BCUT2D eigenvalue weighted by Gasteiger charge is 2.25. The largest absolute Gasteiger partial charge is 0.378 e. The van der Waals surface area contributed by atoms with E-state index >= 15 is 0 Å². The van der Waals surface area contributed by atoms with Crippen LogP contribution in [-0.4, -0.2) is 18.0 Å². The molecule has 0 bridgehead atoms. The average molecular weight is 270 g/mol. The van der Waals surface area contributed by atoms with Gasteiger partial charge < -0.3 is 16.8 Å². The molecule has 1 aromatic rings. The maximum Gasteiger partial charge on any atom is 0.250 e. The van der Waals surface area contributed by atoms with Gasteiger partial charge in [-0.3, -0.25) is 4.79 Å². The predicted molar refractivity (Wildman–Crippen MR) is 76.0 cm³/mol. The predicted octanol–water partition coefficient (Wildman–Crippen LogP) is 2.37. The Morgan fingerprint density at radius 3 is 2.44 bits per heavy atom. The summed E-state index contributed by atoms with van der Waals surface area (Å²) in [7, 11) is 0. The van der Waals surface area contributed by atoms with E-state index in [2.05, 4.69) is 19.2 Å². The summed E-state index contributed by atoms with van der Waals surface area (Å²) >= 11 is 5.96. The van der Waals surface area contributed by atoms with Crippen LogP contribution in [0.15, 0.2) is 18.2 Å². The zero-order valence-electron chi connectivity index (χ0n) is 10.8. The number of anilines is 1. The van der Waals surface area contributed by atoms with Crippen molar-refractivity contribution in [3.63, 3.8) is 0 Å². The Kier molecular flexibility index (Phi) is 4.99. The SMILES string of the molecule is CCC(CC)(CN)Nc1cc(Cl)ccc1C(N)=O. The Hall–Kier alpha value is -1.26. The van der Waals surface area contributed by atoms with Crippen LogP contribution in [0.1, 0.15) is 37.0 Å². The van der Waals surface area contributed by atoms with E-state index in [4.69, 9.17) is 23.1 Å². The lowest BCUT2D eigenvalue weighted by Gasteiger charge is -2.33. The highest BCUT2D eigenvalue weighted by atomic mass is 35.5. The molecule has 5 N–H and O–H groups in total. The van der Waals surface area contributed by atoms with Gasteiger partial charge in [-0.05, 0) is 31.0 Å². The van der Waals surface area contributed by atoms with Crippen molar-refractivity contribution in [1.29, 1.82) is 0 Å². The van der Waals surface area contributed by atoms with Gasteiger partial charge in [0.05, 0.1) is 5.56 Å². The van der Waals surface area contributed by atoms with Crippen LogP contribution in [0.4, 0.5) is 5.69 Å². The number of primary amides is 1. The third-order valence-corrected chi connectivity index (χ3v) is 3.63. The zero-order valence-corrected chi connectivity index (χ0v) is 11.6. The summed E-state index contributed by atoms with van der Waals surface area (Å²) in [6.45, 7) is 4.58. The fraction of sp³-hybridized carbons (Fsp3) is 0.462. The van der Waals surface area contributed by atoms with Gasteiger partial charge in [0.2, 0.25) is 0 Å². The number of halogens is 1. The second-order valence-electron chi connectivity index (χ2n) is 4.37. The lowest BCUT2D eigenvalue weighted by atomic mass is 9.92. The number of hydrogen-bond donors (Lipinski definition) is 3. The first-order chi connectivity index (χ1) is 8.48. The van der Waals surface area contributed by atoms with E-state index in [9.17, 15) is 4.79 Å². The summed E-state index contributed by atoms with van der Waals surface area (Å²) in [5.41, 5.74) is 12.0. The van der Waals surface area contributed by atoms with Crippen molar-refractivity contribution in [2.24, 2.45) is 11.5 Å².